The molecule has 0 unspecified atom stereocenters. The molecule has 1 aromatic carbocycles. The Morgan fingerprint density at radius 2 is 1.85 bits per heavy atom. The summed E-state index contributed by atoms with van der Waals surface area (Å²) >= 11 is 0. The topological polar surface area (TPSA) is 32.8 Å². The number of carbonyl (C=O) groups excluding carboxylic acids is 1. The van der Waals surface area contributed by atoms with Crippen LogP contribution in [-0.4, -0.2) is 44.7 Å². The van der Waals surface area contributed by atoms with Crippen molar-refractivity contribution in [3.05, 3.63) is 29.8 Å². The molecule has 110 valence electrons. The predicted octanol–water partition coefficient (Wildman–Crippen LogP) is 2.28. The van der Waals surface area contributed by atoms with E-state index in [2.05, 4.69) is 29.2 Å². The van der Waals surface area contributed by atoms with E-state index in [4.69, 9.17) is 4.74 Å². The number of amides is 1. The number of hydrogen-bond acceptors (Lipinski definition) is 3. The minimum absolute atomic E-state index is 0.00704. The third-order valence-corrected chi connectivity index (χ3v) is 3.77. The van der Waals surface area contributed by atoms with Crippen LogP contribution in [0.5, 0.6) is 0 Å². The van der Waals surface area contributed by atoms with E-state index in [9.17, 15) is 4.79 Å². The second kappa shape index (κ2) is 7.29. The molecule has 20 heavy (non-hydrogen) atoms. The Kier molecular flexibility index (Phi) is 5.41. The minimum Gasteiger partial charge on any atom is -0.375 e. The van der Waals surface area contributed by atoms with Crippen LogP contribution in [-0.2, 0) is 16.1 Å². The lowest BCUT2D eigenvalue weighted by atomic mass is 10.1. The Hall–Kier alpha value is -1.55. The molecule has 1 aromatic rings. The van der Waals surface area contributed by atoms with Crippen molar-refractivity contribution in [2.45, 2.75) is 25.8 Å². The Morgan fingerprint density at radius 3 is 2.45 bits per heavy atom. The monoisotopic (exact) mass is 276 g/mol. The van der Waals surface area contributed by atoms with E-state index in [0.29, 0.717) is 6.54 Å². The van der Waals surface area contributed by atoms with Crippen LogP contribution >= 0.6 is 0 Å². The molecule has 0 atom stereocenters. The summed E-state index contributed by atoms with van der Waals surface area (Å²) in [5.41, 5.74) is 2.44. The van der Waals surface area contributed by atoms with Crippen LogP contribution in [0.1, 0.15) is 24.8 Å². The molecule has 0 bridgehead atoms. The van der Waals surface area contributed by atoms with Crippen molar-refractivity contribution in [1.29, 1.82) is 0 Å². The lowest BCUT2D eigenvalue weighted by Gasteiger charge is -2.29. The highest BCUT2D eigenvalue weighted by atomic mass is 16.5. The molecule has 1 aliphatic heterocycles. The number of rotatable bonds is 5. The number of piperidine rings is 1. The van der Waals surface area contributed by atoms with Gasteiger partial charge in [-0.15, -0.1) is 0 Å². The fraction of sp³-hybridized carbons (Fsp3) is 0.562. The quantitative estimate of drug-likeness (QED) is 0.827. The molecule has 1 saturated heterocycles. The number of ether oxygens (including phenoxy) is 1. The van der Waals surface area contributed by atoms with Crippen LogP contribution < -0.4 is 4.90 Å². The average molecular weight is 276 g/mol. The first-order valence-electron chi connectivity index (χ1n) is 7.27. The average Bonchev–Trinajstić information content (AvgIpc) is 2.49. The van der Waals surface area contributed by atoms with Crippen molar-refractivity contribution in [2.24, 2.45) is 0 Å². The second-order valence-electron chi connectivity index (χ2n) is 5.40. The minimum atomic E-state index is 0.00704. The summed E-state index contributed by atoms with van der Waals surface area (Å²) in [6.45, 7) is 3.09. The van der Waals surface area contributed by atoms with E-state index in [-0.39, 0.29) is 12.5 Å². The zero-order valence-corrected chi connectivity index (χ0v) is 12.5. The van der Waals surface area contributed by atoms with E-state index >= 15 is 0 Å². The summed E-state index contributed by atoms with van der Waals surface area (Å²) in [6.07, 6.45) is 3.92. The van der Waals surface area contributed by atoms with Crippen molar-refractivity contribution in [3.8, 4) is 0 Å². The van der Waals surface area contributed by atoms with Crippen LogP contribution in [0.2, 0.25) is 0 Å². The van der Waals surface area contributed by atoms with Gasteiger partial charge in [0.1, 0.15) is 6.61 Å². The first-order valence-corrected chi connectivity index (χ1v) is 7.27. The largest absolute Gasteiger partial charge is 0.375 e. The van der Waals surface area contributed by atoms with Crippen LogP contribution in [0.25, 0.3) is 0 Å². The van der Waals surface area contributed by atoms with Gasteiger partial charge in [0, 0.05) is 39.5 Å². The molecule has 1 amide bonds. The number of benzene rings is 1. The number of methoxy groups -OCH3 is 1. The molecule has 0 aromatic heterocycles. The summed E-state index contributed by atoms with van der Waals surface area (Å²) in [7, 11) is 3.35. The maximum absolute atomic E-state index is 11.7. The van der Waals surface area contributed by atoms with Gasteiger partial charge >= 0.3 is 0 Å². The Balaban J connectivity index is 1.92. The highest BCUT2D eigenvalue weighted by Crippen LogP contribution is 2.20. The zero-order chi connectivity index (χ0) is 14.4. The van der Waals surface area contributed by atoms with E-state index in [0.717, 1.165) is 18.7 Å². The molecule has 0 N–H and O–H groups in total. The van der Waals surface area contributed by atoms with Gasteiger partial charge in [0.2, 0.25) is 5.91 Å². The van der Waals surface area contributed by atoms with Gasteiger partial charge < -0.3 is 14.5 Å². The summed E-state index contributed by atoms with van der Waals surface area (Å²) in [4.78, 5) is 15.8. The fourth-order valence-corrected chi connectivity index (χ4v) is 2.56. The SMILES string of the molecule is COCC(=O)N(C)Cc1ccc(N2CCCCC2)cc1. The third-order valence-electron chi connectivity index (χ3n) is 3.77. The molecule has 1 fully saturated rings. The number of anilines is 1. The third kappa shape index (κ3) is 3.97. The van der Waals surface area contributed by atoms with Crippen LogP contribution in [0.15, 0.2) is 24.3 Å². The molecule has 0 radical (unpaired) electrons. The highest BCUT2D eigenvalue weighted by Gasteiger charge is 2.12. The van der Waals surface area contributed by atoms with E-state index < -0.39 is 0 Å². The Bertz CT molecular complexity index is 425. The Labute approximate surface area is 121 Å². The van der Waals surface area contributed by atoms with Crippen molar-refractivity contribution >= 4 is 11.6 Å². The van der Waals surface area contributed by atoms with Gasteiger partial charge in [-0.2, -0.15) is 0 Å². The van der Waals surface area contributed by atoms with Crippen molar-refractivity contribution in [1.82, 2.24) is 4.90 Å². The summed E-state index contributed by atoms with van der Waals surface area (Å²) < 4.78 is 4.86. The van der Waals surface area contributed by atoms with Gasteiger partial charge in [-0.1, -0.05) is 12.1 Å². The maximum atomic E-state index is 11.7. The molecule has 2 rings (SSSR count). The molecular formula is C16H24N2O2. The summed E-state index contributed by atoms with van der Waals surface area (Å²) in [5.74, 6) is 0.00704. The fourth-order valence-electron chi connectivity index (χ4n) is 2.56. The van der Waals surface area contributed by atoms with Crippen LogP contribution in [0, 0.1) is 0 Å². The zero-order valence-electron chi connectivity index (χ0n) is 12.5. The first kappa shape index (κ1) is 14.9. The van der Waals surface area contributed by atoms with Gasteiger partial charge in [-0.25, -0.2) is 0 Å². The molecular weight excluding hydrogens is 252 g/mol. The molecule has 1 heterocycles. The van der Waals surface area contributed by atoms with Crippen LogP contribution in [0.4, 0.5) is 5.69 Å². The number of likely N-dealkylation sites (N-methyl/N-ethyl adjacent to an activating group) is 1. The highest BCUT2D eigenvalue weighted by molar-refractivity contribution is 5.77. The van der Waals surface area contributed by atoms with Gasteiger partial charge in [0.15, 0.2) is 0 Å². The van der Waals surface area contributed by atoms with Gasteiger partial charge in [0.25, 0.3) is 0 Å². The summed E-state index contributed by atoms with van der Waals surface area (Å²) in [5, 5.41) is 0. The molecule has 0 spiro atoms. The molecule has 4 heteroatoms. The van der Waals surface area contributed by atoms with Gasteiger partial charge in [-0.05, 0) is 37.0 Å². The van der Waals surface area contributed by atoms with Crippen molar-refractivity contribution in [3.63, 3.8) is 0 Å². The van der Waals surface area contributed by atoms with Crippen molar-refractivity contribution < 1.29 is 9.53 Å². The van der Waals surface area contributed by atoms with Crippen LogP contribution in [0.3, 0.4) is 0 Å². The van der Waals surface area contributed by atoms with E-state index in [1.165, 1.54) is 24.9 Å². The molecule has 0 aliphatic carbocycles. The van der Waals surface area contributed by atoms with Gasteiger partial charge in [0.05, 0.1) is 0 Å². The van der Waals surface area contributed by atoms with E-state index in [1.54, 1.807) is 19.1 Å². The standard InChI is InChI=1S/C16H24N2O2/c1-17(16(19)13-20-2)12-14-6-8-15(9-7-14)18-10-4-3-5-11-18/h6-9H,3-5,10-13H2,1-2H3. The number of nitrogens with zero attached hydrogens (tertiary/aromatic N) is 2. The van der Waals surface area contributed by atoms with Crippen molar-refractivity contribution in [2.75, 3.05) is 38.8 Å². The maximum Gasteiger partial charge on any atom is 0.248 e. The lowest BCUT2D eigenvalue weighted by Crippen LogP contribution is -2.30. The molecule has 0 saturated carbocycles. The number of hydrogen-bond donors (Lipinski definition) is 0. The molecule has 1 aliphatic rings. The Morgan fingerprint density at radius 1 is 1.20 bits per heavy atom. The number of carbonyl (C=O) groups is 1. The molecule has 4 nitrogen and oxygen atoms in total. The second-order valence-corrected chi connectivity index (χ2v) is 5.40. The normalized spacial score (nSPS) is 15.2. The predicted molar refractivity (Wildman–Crippen MR) is 80.9 cm³/mol. The first-order chi connectivity index (χ1) is 9.70. The van der Waals surface area contributed by atoms with Gasteiger partial charge in [-0.3, -0.25) is 4.79 Å². The van der Waals surface area contributed by atoms with E-state index in [1.807, 2.05) is 0 Å². The lowest BCUT2D eigenvalue weighted by molar-refractivity contribution is -0.134. The summed E-state index contributed by atoms with van der Waals surface area (Å²) in [6, 6.07) is 8.55. The smallest absolute Gasteiger partial charge is 0.248 e.